The normalized spacial score (nSPS) is 25.9. The monoisotopic (exact) mass is 296 g/mol. The van der Waals surface area contributed by atoms with E-state index in [4.69, 9.17) is 18.9 Å². The fourth-order valence-electron chi connectivity index (χ4n) is 2.63. The molecule has 1 N–H and O–H groups in total. The predicted molar refractivity (Wildman–Crippen MR) is 77.7 cm³/mol. The summed E-state index contributed by atoms with van der Waals surface area (Å²) in [5.74, 6) is -0.687. The molecule has 21 heavy (non-hydrogen) atoms. The molecule has 0 saturated carbocycles. The van der Waals surface area contributed by atoms with Crippen molar-refractivity contribution in [1.29, 1.82) is 0 Å². The fraction of sp³-hybridized carbons (Fsp3) is 0.625. The lowest BCUT2D eigenvalue weighted by Gasteiger charge is -2.27. The second-order valence-corrected chi connectivity index (χ2v) is 5.56. The van der Waals surface area contributed by atoms with Crippen molar-refractivity contribution in [1.82, 2.24) is 0 Å². The van der Waals surface area contributed by atoms with Crippen LogP contribution in [0.3, 0.4) is 0 Å². The molecule has 118 valence electrons. The molecule has 0 amide bonds. The first-order valence-electron chi connectivity index (χ1n) is 7.19. The second kappa shape index (κ2) is 7.33. The lowest BCUT2D eigenvalue weighted by atomic mass is 9.99. The number of ether oxygens (including phenoxy) is 4. The minimum atomic E-state index is -0.687. The van der Waals surface area contributed by atoms with E-state index in [1.54, 1.807) is 7.11 Å². The van der Waals surface area contributed by atoms with Crippen LogP contribution in [-0.4, -0.2) is 43.6 Å². The van der Waals surface area contributed by atoms with E-state index in [9.17, 15) is 5.11 Å². The average molecular weight is 296 g/mol. The molecule has 1 aromatic carbocycles. The van der Waals surface area contributed by atoms with E-state index in [1.165, 1.54) is 0 Å². The largest absolute Gasteiger partial charge is 0.396 e. The molecule has 1 aliphatic heterocycles. The van der Waals surface area contributed by atoms with E-state index in [0.717, 1.165) is 5.56 Å². The lowest BCUT2D eigenvalue weighted by Crippen LogP contribution is -2.32. The van der Waals surface area contributed by atoms with Gasteiger partial charge < -0.3 is 24.1 Å². The average Bonchev–Trinajstić information content (AvgIpc) is 2.76. The maximum absolute atomic E-state index is 9.24. The lowest BCUT2D eigenvalue weighted by molar-refractivity contribution is -0.171. The molecular weight excluding hydrogens is 272 g/mol. The summed E-state index contributed by atoms with van der Waals surface area (Å²) in [6, 6.07) is 9.86. The highest BCUT2D eigenvalue weighted by atomic mass is 16.8. The summed E-state index contributed by atoms with van der Waals surface area (Å²) in [6.07, 6.45) is -0.297. The van der Waals surface area contributed by atoms with Crippen molar-refractivity contribution in [2.45, 2.75) is 44.4 Å². The minimum absolute atomic E-state index is 0.0480. The van der Waals surface area contributed by atoms with Crippen LogP contribution in [0.25, 0.3) is 0 Å². The van der Waals surface area contributed by atoms with Crippen LogP contribution in [0.5, 0.6) is 0 Å². The van der Waals surface area contributed by atoms with Crippen molar-refractivity contribution in [3.05, 3.63) is 35.9 Å². The molecule has 2 rings (SSSR count). The number of aliphatic hydroxyl groups excluding tert-OH is 1. The van der Waals surface area contributed by atoms with Crippen LogP contribution < -0.4 is 0 Å². The zero-order valence-electron chi connectivity index (χ0n) is 12.8. The van der Waals surface area contributed by atoms with Gasteiger partial charge in [0, 0.05) is 13.7 Å². The van der Waals surface area contributed by atoms with Gasteiger partial charge in [0.25, 0.3) is 0 Å². The van der Waals surface area contributed by atoms with Crippen molar-refractivity contribution in [2.24, 2.45) is 0 Å². The Morgan fingerprint density at radius 1 is 1.24 bits per heavy atom. The van der Waals surface area contributed by atoms with Gasteiger partial charge in [-0.1, -0.05) is 30.3 Å². The number of methoxy groups -OCH3 is 1. The number of hydrogen-bond acceptors (Lipinski definition) is 5. The highest BCUT2D eigenvalue weighted by Crippen LogP contribution is 2.38. The van der Waals surface area contributed by atoms with Crippen LogP contribution in [-0.2, 0) is 18.9 Å². The Balaban J connectivity index is 2.22. The summed E-state index contributed by atoms with van der Waals surface area (Å²) in [6.45, 7) is 3.96. The van der Waals surface area contributed by atoms with E-state index in [0.29, 0.717) is 6.42 Å². The van der Waals surface area contributed by atoms with Gasteiger partial charge in [-0.05, 0) is 25.8 Å². The first-order chi connectivity index (χ1) is 10.1. The molecule has 0 aromatic heterocycles. The van der Waals surface area contributed by atoms with Crippen LogP contribution in [0.4, 0.5) is 0 Å². The standard InChI is InChI=1S/C16H24O5/c1-16(2)20-13(9-10-17)15(21-16)14(19-11-18-3)12-7-5-4-6-8-12/h4-8,13-15,17H,9-11H2,1-3H3/t13-,14-,15+/m1/s1. The van der Waals surface area contributed by atoms with Crippen LogP contribution in [0.15, 0.2) is 30.3 Å². The van der Waals surface area contributed by atoms with Crippen molar-refractivity contribution in [2.75, 3.05) is 20.5 Å². The predicted octanol–water partition coefficient (Wildman–Crippen LogP) is 2.25. The third-order valence-electron chi connectivity index (χ3n) is 3.43. The zero-order valence-corrected chi connectivity index (χ0v) is 12.8. The Bertz CT molecular complexity index is 420. The van der Waals surface area contributed by atoms with Gasteiger partial charge in [-0.25, -0.2) is 0 Å². The molecule has 0 aliphatic carbocycles. The quantitative estimate of drug-likeness (QED) is 0.782. The maximum Gasteiger partial charge on any atom is 0.163 e. The Morgan fingerprint density at radius 2 is 1.95 bits per heavy atom. The Labute approximate surface area is 125 Å². The topological polar surface area (TPSA) is 57.2 Å². The Kier molecular flexibility index (Phi) is 5.72. The third kappa shape index (κ3) is 4.25. The maximum atomic E-state index is 9.24. The number of benzene rings is 1. The van der Waals surface area contributed by atoms with Gasteiger partial charge in [-0.3, -0.25) is 0 Å². The Hall–Kier alpha value is -0.980. The van der Waals surface area contributed by atoms with Crippen molar-refractivity contribution in [3.63, 3.8) is 0 Å². The van der Waals surface area contributed by atoms with Crippen LogP contribution >= 0.6 is 0 Å². The van der Waals surface area contributed by atoms with E-state index < -0.39 is 5.79 Å². The molecule has 0 spiro atoms. The molecule has 0 unspecified atom stereocenters. The van der Waals surface area contributed by atoms with Gasteiger partial charge in [0.1, 0.15) is 19.0 Å². The molecule has 0 radical (unpaired) electrons. The first-order valence-corrected chi connectivity index (χ1v) is 7.19. The minimum Gasteiger partial charge on any atom is -0.396 e. The van der Waals surface area contributed by atoms with Crippen molar-refractivity contribution in [3.8, 4) is 0 Å². The van der Waals surface area contributed by atoms with Gasteiger partial charge in [-0.15, -0.1) is 0 Å². The summed E-state index contributed by atoms with van der Waals surface area (Å²) >= 11 is 0. The van der Waals surface area contributed by atoms with E-state index in [-0.39, 0.29) is 31.7 Å². The number of aliphatic hydroxyl groups is 1. The summed E-state index contributed by atoms with van der Waals surface area (Å²) in [5, 5.41) is 9.24. The molecule has 3 atom stereocenters. The zero-order chi connectivity index (χ0) is 15.3. The highest BCUT2D eigenvalue weighted by Gasteiger charge is 2.45. The number of hydrogen-bond donors (Lipinski definition) is 1. The summed E-state index contributed by atoms with van der Waals surface area (Å²) in [5.41, 5.74) is 1.00. The van der Waals surface area contributed by atoms with Gasteiger partial charge >= 0.3 is 0 Å². The summed E-state index contributed by atoms with van der Waals surface area (Å²) in [7, 11) is 1.59. The summed E-state index contributed by atoms with van der Waals surface area (Å²) < 4.78 is 22.7. The van der Waals surface area contributed by atoms with Gasteiger partial charge in [0.15, 0.2) is 5.79 Å². The van der Waals surface area contributed by atoms with E-state index in [2.05, 4.69) is 0 Å². The molecule has 1 aromatic rings. The molecule has 1 fully saturated rings. The van der Waals surface area contributed by atoms with E-state index >= 15 is 0 Å². The SMILES string of the molecule is COCO[C@H](c1ccccc1)[C@H]1OC(C)(C)O[C@@H]1CCO. The molecule has 5 nitrogen and oxygen atoms in total. The van der Waals surface area contributed by atoms with Gasteiger partial charge in [0.2, 0.25) is 0 Å². The molecular formula is C16H24O5. The molecule has 1 aliphatic rings. The van der Waals surface area contributed by atoms with Crippen molar-refractivity contribution >= 4 is 0 Å². The molecule has 1 heterocycles. The molecule has 0 bridgehead atoms. The van der Waals surface area contributed by atoms with Crippen LogP contribution in [0.2, 0.25) is 0 Å². The van der Waals surface area contributed by atoms with Gasteiger partial charge in [0.05, 0.1) is 6.10 Å². The van der Waals surface area contributed by atoms with Crippen molar-refractivity contribution < 1.29 is 24.1 Å². The highest BCUT2D eigenvalue weighted by molar-refractivity contribution is 5.19. The molecule has 1 saturated heterocycles. The third-order valence-corrected chi connectivity index (χ3v) is 3.43. The van der Waals surface area contributed by atoms with E-state index in [1.807, 2.05) is 44.2 Å². The smallest absolute Gasteiger partial charge is 0.163 e. The second-order valence-electron chi connectivity index (χ2n) is 5.56. The number of rotatable bonds is 7. The Morgan fingerprint density at radius 3 is 2.57 bits per heavy atom. The molecule has 5 heteroatoms. The van der Waals surface area contributed by atoms with Gasteiger partial charge in [-0.2, -0.15) is 0 Å². The first kappa shape index (κ1) is 16.4. The summed E-state index contributed by atoms with van der Waals surface area (Å²) in [4.78, 5) is 0. The van der Waals surface area contributed by atoms with Crippen LogP contribution in [0.1, 0.15) is 31.9 Å². The fourth-order valence-corrected chi connectivity index (χ4v) is 2.63. The van der Waals surface area contributed by atoms with Crippen LogP contribution in [0, 0.1) is 0 Å².